The van der Waals surface area contributed by atoms with E-state index < -0.39 is 0 Å². The Morgan fingerprint density at radius 2 is 0.957 bits per heavy atom. The van der Waals surface area contributed by atoms with Gasteiger partial charge in [-0.05, 0) is 78.9 Å². The summed E-state index contributed by atoms with van der Waals surface area (Å²) in [6.07, 6.45) is 0. The van der Waals surface area contributed by atoms with E-state index in [0.29, 0.717) is 0 Å². The zero-order valence-corrected chi connectivity index (χ0v) is 12.8. The highest BCUT2D eigenvalue weighted by molar-refractivity contribution is 5.89. The average molecular weight is 293 g/mol. The van der Waals surface area contributed by atoms with Crippen molar-refractivity contribution in [1.82, 2.24) is 0 Å². The molecule has 0 aromatic heterocycles. The maximum atomic E-state index is 2.22. The Morgan fingerprint density at radius 3 is 1.61 bits per heavy atom. The van der Waals surface area contributed by atoms with Gasteiger partial charge in [0.15, 0.2) is 0 Å². The van der Waals surface area contributed by atoms with Crippen molar-refractivity contribution >= 4 is 10.8 Å². The van der Waals surface area contributed by atoms with Gasteiger partial charge in [0, 0.05) is 10.8 Å². The van der Waals surface area contributed by atoms with Crippen LogP contribution in [0.2, 0.25) is 0 Å². The quantitative estimate of drug-likeness (QED) is 0.328. The third kappa shape index (κ3) is 2.60. The van der Waals surface area contributed by atoms with Gasteiger partial charge in [-0.3, -0.25) is 0 Å². The van der Waals surface area contributed by atoms with E-state index in [2.05, 4.69) is 103 Å². The third-order valence-corrected chi connectivity index (χ3v) is 4.18. The molecular weight excluding hydrogens is 276 g/mol. The van der Waals surface area contributed by atoms with Crippen LogP contribution in [0.4, 0.5) is 0 Å². The summed E-state index contributed by atoms with van der Waals surface area (Å²) in [5.74, 6) is 1.28. The Hall–Kier alpha value is -2.99. The molecule has 0 N–H and O–H groups in total. The SMILES string of the molecule is c1ccc([C+](c2ccccc2)c2cccc3ccccc23)cc1. The minimum absolute atomic E-state index is 1.25. The van der Waals surface area contributed by atoms with E-state index in [-0.39, 0.29) is 0 Å². The first-order valence-electron chi connectivity index (χ1n) is 7.89. The van der Waals surface area contributed by atoms with Crippen LogP contribution < -0.4 is 0 Å². The van der Waals surface area contributed by atoms with Crippen LogP contribution in [0.5, 0.6) is 0 Å². The molecule has 0 atom stereocenters. The van der Waals surface area contributed by atoms with Gasteiger partial charge < -0.3 is 0 Å². The smallest absolute Gasteiger partial charge is 0.0607 e. The van der Waals surface area contributed by atoms with Gasteiger partial charge in [0.25, 0.3) is 0 Å². The minimum Gasteiger partial charge on any atom is -0.0607 e. The van der Waals surface area contributed by atoms with E-state index in [0.717, 1.165) is 0 Å². The molecule has 23 heavy (non-hydrogen) atoms. The van der Waals surface area contributed by atoms with Crippen LogP contribution in [0.25, 0.3) is 10.8 Å². The molecule has 0 aliphatic heterocycles. The van der Waals surface area contributed by atoms with Crippen LogP contribution in [-0.2, 0) is 0 Å². The van der Waals surface area contributed by atoms with Crippen molar-refractivity contribution in [3.8, 4) is 0 Å². The zero-order chi connectivity index (χ0) is 15.5. The second-order valence-electron chi connectivity index (χ2n) is 5.63. The van der Waals surface area contributed by atoms with Crippen LogP contribution >= 0.6 is 0 Å². The molecule has 4 aromatic rings. The fourth-order valence-corrected chi connectivity index (χ4v) is 3.13. The molecule has 0 heteroatoms. The Morgan fingerprint density at radius 1 is 0.435 bits per heavy atom. The van der Waals surface area contributed by atoms with E-state index >= 15 is 0 Å². The van der Waals surface area contributed by atoms with Gasteiger partial charge in [0.05, 0.1) is 22.6 Å². The monoisotopic (exact) mass is 293 g/mol. The normalized spacial score (nSPS) is 10.6. The predicted octanol–water partition coefficient (Wildman–Crippen LogP) is 5.86. The van der Waals surface area contributed by atoms with Gasteiger partial charge >= 0.3 is 0 Å². The van der Waals surface area contributed by atoms with Crippen LogP contribution in [0.1, 0.15) is 16.7 Å². The number of fused-ring (bicyclic) bond motifs is 1. The van der Waals surface area contributed by atoms with Gasteiger partial charge in [0.2, 0.25) is 0 Å². The second-order valence-corrected chi connectivity index (χ2v) is 5.63. The summed E-state index contributed by atoms with van der Waals surface area (Å²) in [7, 11) is 0. The molecule has 0 bridgehead atoms. The first-order valence-corrected chi connectivity index (χ1v) is 7.89. The largest absolute Gasteiger partial charge is 0.0638 e. The van der Waals surface area contributed by atoms with E-state index in [1.165, 1.54) is 33.4 Å². The van der Waals surface area contributed by atoms with Crippen molar-refractivity contribution in [3.63, 3.8) is 0 Å². The van der Waals surface area contributed by atoms with E-state index in [1.807, 2.05) is 0 Å². The Labute approximate surface area is 137 Å². The van der Waals surface area contributed by atoms with Crippen molar-refractivity contribution < 1.29 is 0 Å². The number of rotatable bonds is 3. The lowest BCUT2D eigenvalue weighted by Crippen LogP contribution is -2.05. The molecule has 0 aliphatic carbocycles. The summed E-state index contributed by atoms with van der Waals surface area (Å²) in [4.78, 5) is 0. The maximum Gasteiger partial charge on any atom is 0.0638 e. The average Bonchev–Trinajstić information content (AvgIpc) is 2.64. The second kappa shape index (κ2) is 6.02. The minimum atomic E-state index is 1.25. The first-order chi connectivity index (χ1) is 11.4. The molecular formula is C23H17+. The maximum absolute atomic E-state index is 2.22. The summed E-state index contributed by atoms with van der Waals surface area (Å²) in [6.45, 7) is 0. The Bertz CT molecular complexity index is 863. The number of hydrogen-bond donors (Lipinski definition) is 0. The summed E-state index contributed by atoms with van der Waals surface area (Å²) in [5.41, 5.74) is 3.77. The molecule has 0 nitrogen and oxygen atoms in total. The summed E-state index contributed by atoms with van der Waals surface area (Å²) in [5, 5.41) is 2.56. The molecule has 4 rings (SSSR count). The fraction of sp³-hybridized carbons (Fsp3) is 0. The van der Waals surface area contributed by atoms with Gasteiger partial charge in [-0.1, -0.05) is 24.3 Å². The molecule has 108 valence electrons. The topological polar surface area (TPSA) is 0 Å². The molecule has 0 unspecified atom stereocenters. The van der Waals surface area contributed by atoms with Crippen LogP contribution in [0.3, 0.4) is 0 Å². The summed E-state index contributed by atoms with van der Waals surface area (Å²) >= 11 is 0. The lowest BCUT2D eigenvalue weighted by Gasteiger charge is -2.15. The molecule has 0 spiro atoms. The van der Waals surface area contributed by atoms with Crippen molar-refractivity contribution in [2.75, 3.05) is 0 Å². The van der Waals surface area contributed by atoms with E-state index in [1.54, 1.807) is 0 Å². The van der Waals surface area contributed by atoms with Crippen molar-refractivity contribution in [1.29, 1.82) is 0 Å². The fourth-order valence-electron chi connectivity index (χ4n) is 3.13. The lowest BCUT2D eigenvalue weighted by atomic mass is 9.83. The first kappa shape index (κ1) is 13.7. The van der Waals surface area contributed by atoms with Crippen LogP contribution in [-0.4, -0.2) is 0 Å². The van der Waals surface area contributed by atoms with Gasteiger partial charge in [-0.25, -0.2) is 0 Å². The van der Waals surface area contributed by atoms with Gasteiger partial charge in [-0.15, -0.1) is 0 Å². The number of benzene rings is 4. The third-order valence-electron chi connectivity index (χ3n) is 4.18. The Balaban J connectivity index is 1.98. The van der Waals surface area contributed by atoms with E-state index in [4.69, 9.17) is 0 Å². The van der Waals surface area contributed by atoms with Crippen LogP contribution in [0.15, 0.2) is 103 Å². The highest BCUT2D eigenvalue weighted by atomic mass is 14.2. The molecule has 0 radical (unpaired) electrons. The van der Waals surface area contributed by atoms with Gasteiger partial charge in [0.1, 0.15) is 0 Å². The van der Waals surface area contributed by atoms with Gasteiger partial charge in [-0.2, -0.15) is 0 Å². The molecule has 4 aromatic carbocycles. The molecule has 0 saturated carbocycles. The molecule has 0 amide bonds. The highest BCUT2D eigenvalue weighted by Crippen LogP contribution is 2.34. The number of hydrogen-bond acceptors (Lipinski definition) is 0. The molecule has 0 heterocycles. The summed E-state index contributed by atoms with van der Waals surface area (Å²) in [6, 6.07) is 36.4. The Kier molecular flexibility index (Phi) is 3.57. The molecule has 0 aliphatic rings. The van der Waals surface area contributed by atoms with E-state index in [9.17, 15) is 0 Å². The molecule has 0 saturated heterocycles. The lowest BCUT2D eigenvalue weighted by molar-refractivity contribution is 1.24. The van der Waals surface area contributed by atoms with Crippen molar-refractivity contribution in [3.05, 3.63) is 126 Å². The van der Waals surface area contributed by atoms with Crippen molar-refractivity contribution in [2.45, 2.75) is 0 Å². The molecule has 0 fully saturated rings. The predicted molar refractivity (Wildman–Crippen MR) is 97.4 cm³/mol. The van der Waals surface area contributed by atoms with Crippen LogP contribution in [0, 0.1) is 5.92 Å². The highest BCUT2D eigenvalue weighted by Gasteiger charge is 2.23. The summed E-state index contributed by atoms with van der Waals surface area (Å²) < 4.78 is 0. The van der Waals surface area contributed by atoms with Crippen molar-refractivity contribution in [2.24, 2.45) is 0 Å². The standard InChI is InChI=1S/C23H17/c1-3-11-19(12-4-1)23(20-13-5-2-6-14-20)22-17-9-15-18-10-7-8-16-21(18)22/h1-17H/q+1. The zero-order valence-electron chi connectivity index (χ0n) is 12.8.